The number of hydrogen-bond donors (Lipinski definition) is 1. The second-order valence-electron chi connectivity index (χ2n) is 6.00. The van der Waals surface area contributed by atoms with Gasteiger partial charge in [-0.3, -0.25) is 0 Å². The van der Waals surface area contributed by atoms with E-state index in [2.05, 4.69) is 57.4 Å². The van der Waals surface area contributed by atoms with Crippen molar-refractivity contribution in [2.24, 2.45) is 0 Å². The summed E-state index contributed by atoms with van der Waals surface area (Å²) in [7, 11) is 0. The summed E-state index contributed by atoms with van der Waals surface area (Å²) in [5.74, 6) is 1.94. The molecule has 0 atom stereocenters. The monoisotopic (exact) mass is 296 g/mol. The third-order valence-corrected chi connectivity index (χ3v) is 4.18. The fraction of sp³-hybridized carbons (Fsp3) is 0.444. The average molecular weight is 296 g/mol. The molecule has 4 nitrogen and oxygen atoms in total. The van der Waals surface area contributed by atoms with Gasteiger partial charge in [0.15, 0.2) is 0 Å². The predicted octanol–water partition coefficient (Wildman–Crippen LogP) is 3.78. The lowest BCUT2D eigenvalue weighted by Crippen LogP contribution is -2.25. The highest BCUT2D eigenvalue weighted by molar-refractivity contribution is 5.48. The average Bonchev–Trinajstić information content (AvgIpc) is 2.84. The topological polar surface area (TPSA) is 41.0 Å². The highest BCUT2D eigenvalue weighted by atomic mass is 15.2. The van der Waals surface area contributed by atoms with Crippen molar-refractivity contribution in [3.63, 3.8) is 0 Å². The van der Waals surface area contributed by atoms with Gasteiger partial charge in [0.05, 0.1) is 0 Å². The van der Waals surface area contributed by atoms with Crippen LogP contribution in [-0.2, 0) is 6.54 Å². The van der Waals surface area contributed by atoms with Gasteiger partial charge in [-0.25, -0.2) is 9.97 Å². The summed E-state index contributed by atoms with van der Waals surface area (Å²) in [5, 5.41) is 3.40. The molecule has 4 heteroatoms. The lowest BCUT2D eigenvalue weighted by molar-refractivity contribution is 0.726. The van der Waals surface area contributed by atoms with Gasteiger partial charge in [0.2, 0.25) is 0 Å². The molecule has 0 amide bonds. The summed E-state index contributed by atoms with van der Waals surface area (Å²) in [6, 6.07) is 10.7. The standard InChI is InChI=1S/C18H24N4/c1-15-6-8-16(9-7-15)13-19-17-12-18(21-14-20-17)22-10-4-2-3-5-11-22/h6-9,12,14H,2-5,10-11,13H2,1H3,(H,19,20,21). The molecule has 0 radical (unpaired) electrons. The predicted molar refractivity (Wildman–Crippen MR) is 91.2 cm³/mol. The Hall–Kier alpha value is -2.10. The molecule has 1 aliphatic rings. The van der Waals surface area contributed by atoms with Crippen LogP contribution < -0.4 is 10.2 Å². The fourth-order valence-electron chi connectivity index (χ4n) is 2.81. The first-order valence-corrected chi connectivity index (χ1v) is 8.18. The number of rotatable bonds is 4. The van der Waals surface area contributed by atoms with Crippen LogP contribution in [0.1, 0.15) is 36.8 Å². The summed E-state index contributed by atoms with van der Waals surface area (Å²) in [4.78, 5) is 11.2. The smallest absolute Gasteiger partial charge is 0.134 e. The highest BCUT2D eigenvalue weighted by Gasteiger charge is 2.11. The van der Waals surface area contributed by atoms with Crippen LogP contribution in [0.15, 0.2) is 36.7 Å². The first-order chi connectivity index (χ1) is 10.8. The van der Waals surface area contributed by atoms with Crippen LogP contribution in [0.25, 0.3) is 0 Å². The molecule has 0 bridgehead atoms. The summed E-state index contributed by atoms with van der Waals surface area (Å²) >= 11 is 0. The van der Waals surface area contributed by atoms with E-state index in [1.807, 2.05) is 0 Å². The van der Waals surface area contributed by atoms with E-state index in [4.69, 9.17) is 0 Å². The Morgan fingerprint density at radius 3 is 2.45 bits per heavy atom. The van der Waals surface area contributed by atoms with Crippen molar-refractivity contribution >= 4 is 11.6 Å². The molecule has 1 fully saturated rings. The molecule has 0 unspecified atom stereocenters. The summed E-state index contributed by atoms with van der Waals surface area (Å²) in [6.07, 6.45) is 6.85. The minimum absolute atomic E-state index is 0.788. The number of benzene rings is 1. The van der Waals surface area contributed by atoms with E-state index in [1.54, 1.807) is 6.33 Å². The van der Waals surface area contributed by atoms with Crippen LogP contribution >= 0.6 is 0 Å². The second kappa shape index (κ2) is 7.25. The van der Waals surface area contributed by atoms with Crippen LogP contribution in [0.2, 0.25) is 0 Å². The quantitative estimate of drug-likeness (QED) is 0.932. The van der Waals surface area contributed by atoms with Crippen LogP contribution in [0.4, 0.5) is 11.6 Å². The number of hydrogen-bond acceptors (Lipinski definition) is 4. The molecule has 2 aromatic rings. The number of nitrogens with zero attached hydrogens (tertiary/aromatic N) is 3. The Kier molecular flexibility index (Phi) is 4.88. The van der Waals surface area contributed by atoms with Crippen molar-refractivity contribution in [2.45, 2.75) is 39.2 Å². The molecule has 1 N–H and O–H groups in total. The van der Waals surface area contributed by atoms with Crippen molar-refractivity contribution in [1.82, 2.24) is 9.97 Å². The zero-order chi connectivity index (χ0) is 15.2. The largest absolute Gasteiger partial charge is 0.366 e. The van der Waals surface area contributed by atoms with Gasteiger partial charge in [0, 0.05) is 25.7 Å². The maximum Gasteiger partial charge on any atom is 0.134 e. The second-order valence-corrected chi connectivity index (χ2v) is 6.00. The fourth-order valence-corrected chi connectivity index (χ4v) is 2.81. The molecule has 0 aliphatic carbocycles. The van der Waals surface area contributed by atoms with Crippen molar-refractivity contribution in [3.05, 3.63) is 47.8 Å². The van der Waals surface area contributed by atoms with E-state index < -0.39 is 0 Å². The van der Waals surface area contributed by atoms with Gasteiger partial charge in [-0.2, -0.15) is 0 Å². The number of aromatic nitrogens is 2. The van der Waals surface area contributed by atoms with Crippen molar-refractivity contribution in [3.8, 4) is 0 Å². The summed E-state index contributed by atoms with van der Waals surface area (Å²) < 4.78 is 0. The molecule has 3 rings (SSSR count). The third kappa shape index (κ3) is 3.97. The first-order valence-electron chi connectivity index (χ1n) is 8.18. The Morgan fingerprint density at radius 2 is 1.73 bits per heavy atom. The van der Waals surface area contributed by atoms with Gasteiger partial charge in [0.1, 0.15) is 18.0 Å². The zero-order valence-corrected chi connectivity index (χ0v) is 13.3. The van der Waals surface area contributed by atoms with Gasteiger partial charge in [0.25, 0.3) is 0 Å². The zero-order valence-electron chi connectivity index (χ0n) is 13.3. The molecule has 1 aliphatic heterocycles. The maximum atomic E-state index is 4.45. The number of anilines is 2. The van der Waals surface area contributed by atoms with Crippen LogP contribution in [0, 0.1) is 6.92 Å². The van der Waals surface area contributed by atoms with E-state index in [9.17, 15) is 0 Å². The van der Waals surface area contributed by atoms with Crippen LogP contribution in [0.3, 0.4) is 0 Å². The Balaban J connectivity index is 1.64. The molecule has 116 valence electrons. The molecule has 0 saturated carbocycles. The molecule has 22 heavy (non-hydrogen) atoms. The van der Waals surface area contributed by atoms with Gasteiger partial charge < -0.3 is 10.2 Å². The Labute approximate surface area is 132 Å². The minimum Gasteiger partial charge on any atom is -0.366 e. The lowest BCUT2D eigenvalue weighted by atomic mass is 10.1. The number of nitrogens with one attached hydrogen (secondary N) is 1. The third-order valence-electron chi connectivity index (χ3n) is 4.18. The van der Waals surface area contributed by atoms with Gasteiger partial charge in [-0.15, -0.1) is 0 Å². The van der Waals surface area contributed by atoms with E-state index in [0.29, 0.717) is 0 Å². The van der Waals surface area contributed by atoms with E-state index in [1.165, 1.54) is 36.8 Å². The van der Waals surface area contributed by atoms with Gasteiger partial charge in [-0.05, 0) is 25.3 Å². The normalized spacial score (nSPS) is 15.4. The summed E-state index contributed by atoms with van der Waals surface area (Å²) in [6.45, 7) is 5.11. The molecule has 1 aromatic heterocycles. The Bertz CT molecular complexity index is 586. The van der Waals surface area contributed by atoms with Crippen molar-refractivity contribution < 1.29 is 0 Å². The van der Waals surface area contributed by atoms with Crippen LogP contribution in [0.5, 0.6) is 0 Å². The maximum absolute atomic E-state index is 4.45. The van der Waals surface area contributed by atoms with Gasteiger partial charge >= 0.3 is 0 Å². The molecule has 0 spiro atoms. The minimum atomic E-state index is 0.788. The van der Waals surface area contributed by atoms with E-state index in [-0.39, 0.29) is 0 Å². The summed E-state index contributed by atoms with van der Waals surface area (Å²) in [5.41, 5.74) is 2.55. The first kappa shape index (κ1) is 14.8. The highest BCUT2D eigenvalue weighted by Crippen LogP contribution is 2.19. The van der Waals surface area contributed by atoms with Crippen molar-refractivity contribution in [1.29, 1.82) is 0 Å². The van der Waals surface area contributed by atoms with E-state index in [0.717, 1.165) is 31.3 Å². The molecule has 1 aromatic carbocycles. The lowest BCUT2D eigenvalue weighted by Gasteiger charge is -2.21. The van der Waals surface area contributed by atoms with E-state index >= 15 is 0 Å². The number of aryl methyl sites for hydroxylation is 1. The Morgan fingerprint density at radius 1 is 1.00 bits per heavy atom. The molecular formula is C18H24N4. The van der Waals surface area contributed by atoms with Crippen molar-refractivity contribution in [2.75, 3.05) is 23.3 Å². The van der Waals surface area contributed by atoms with Gasteiger partial charge in [-0.1, -0.05) is 42.7 Å². The SMILES string of the molecule is Cc1ccc(CNc2cc(N3CCCCCC3)ncn2)cc1. The van der Waals surface area contributed by atoms with Crippen LogP contribution in [-0.4, -0.2) is 23.1 Å². The molecular weight excluding hydrogens is 272 g/mol. The molecule has 1 saturated heterocycles. The molecule has 2 heterocycles.